The number of ether oxygens (including phenoxy) is 1. The second-order valence-electron chi connectivity index (χ2n) is 8.20. The van der Waals surface area contributed by atoms with E-state index >= 15 is 0 Å². The summed E-state index contributed by atoms with van der Waals surface area (Å²) in [5.74, 6) is 2.11. The van der Waals surface area contributed by atoms with Crippen LogP contribution in [0.1, 0.15) is 32.0 Å². The number of hydrogen-bond acceptors (Lipinski definition) is 7. The van der Waals surface area contributed by atoms with Crippen LogP contribution < -0.4 is 4.90 Å². The molecule has 0 aromatic carbocycles. The summed E-state index contributed by atoms with van der Waals surface area (Å²) in [6.07, 6.45) is 2.78. The monoisotopic (exact) mass is 433 g/mol. The number of β-lactam (4-membered cyclic amide) rings is 1. The molecule has 9 nitrogen and oxygen atoms in total. The van der Waals surface area contributed by atoms with Crippen LogP contribution in [0.5, 0.6) is 0 Å². The van der Waals surface area contributed by atoms with Gasteiger partial charge in [0.25, 0.3) is 0 Å². The van der Waals surface area contributed by atoms with E-state index in [2.05, 4.69) is 31.3 Å². The fourth-order valence-electron chi connectivity index (χ4n) is 4.76. The van der Waals surface area contributed by atoms with E-state index in [-0.39, 0.29) is 5.28 Å². The highest BCUT2D eigenvalue weighted by Crippen LogP contribution is 2.28. The summed E-state index contributed by atoms with van der Waals surface area (Å²) in [4.78, 5) is 32.4. The Morgan fingerprint density at radius 1 is 1.07 bits per heavy atom. The van der Waals surface area contributed by atoms with Crippen molar-refractivity contribution in [3.05, 3.63) is 11.1 Å². The van der Waals surface area contributed by atoms with Gasteiger partial charge in [-0.15, -0.1) is 0 Å². The number of hydrogen-bond donors (Lipinski definition) is 0. The standard InChI is InChI=1S/C20H28ClN7O2/c1-2-27-15(13-25-6-3-14(4-7-25)28-8-5-16(28)29)22-17-18(23-20(21)24-19(17)27)26-9-11-30-12-10-26/h14H,2-13H2,1H3. The summed E-state index contributed by atoms with van der Waals surface area (Å²) in [7, 11) is 0. The Bertz CT molecular complexity index is 935. The molecule has 10 heteroatoms. The van der Waals surface area contributed by atoms with E-state index < -0.39 is 0 Å². The van der Waals surface area contributed by atoms with E-state index in [1.807, 2.05) is 4.90 Å². The number of nitrogens with zero attached hydrogens (tertiary/aromatic N) is 7. The van der Waals surface area contributed by atoms with Gasteiger partial charge in [0, 0.05) is 51.7 Å². The van der Waals surface area contributed by atoms with Crippen molar-refractivity contribution >= 4 is 34.5 Å². The normalized spacial score (nSPS) is 21.5. The third-order valence-corrected chi connectivity index (χ3v) is 6.67. The second-order valence-corrected chi connectivity index (χ2v) is 8.54. The summed E-state index contributed by atoms with van der Waals surface area (Å²) < 4.78 is 7.63. The molecular weight excluding hydrogens is 406 g/mol. The number of carbonyl (C=O) groups excluding carboxylic acids is 1. The van der Waals surface area contributed by atoms with Gasteiger partial charge in [0.15, 0.2) is 17.0 Å². The molecule has 3 fully saturated rings. The lowest BCUT2D eigenvalue weighted by Gasteiger charge is -2.42. The summed E-state index contributed by atoms with van der Waals surface area (Å²) >= 11 is 6.29. The molecule has 0 bridgehead atoms. The summed E-state index contributed by atoms with van der Waals surface area (Å²) in [5, 5.41) is 0.255. The maximum Gasteiger partial charge on any atom is 0.226 e. The number of likely N-dealkylation sites (tertiary alicyclic amines) is 2. The average molecular weight is 434 g/mol. The summed E-state index contributed by atoms with van der Waals surface area (Å²) in [6, 6.07) is 0.407. The number of aromatic nitrogens is 4. The molecule has 0 saturated carbocycles. The molecule has 1 amide bonds. The molecule has 3 saturated heterocycles. The number of imidazole rings is 1. The Balaban J connectivity index is 1.37. The van der Waals surface area contributed by atoms with Crippen molar-refractivity contribution in [2.45, 2.75) is 45.3 Å². The van der Waals surface area contributed by atoms with Crippen molar-refractivity contribution in [2.75, 3.05) is 50.8 Å². The lowest BCUT2D eigenvalue weighted by atomic mass is 9.99. The van der Waals surface area contributed by atoms with E-state index in [1.165, 1.54) is 0 Å². The molecule has 0 aliphatic carbocycles. The maximum absolute atomic E-state index is 11.7. The first-order chi connectivity index (χ1) is 14.6. The minimum Gasteiger partial charge on any atom is -0.378 e. The van der Waals surface area contributed by atoms with Crippen LogP contribution in [0.4, 0.5) is 5.82 Å². The molecule has 0 atom stereocenters. The lowest BCUT2D eigenvalue weighted by molar-refractivity contribution is -0.144. The predicted octanol–water partition coefficient (Wildman–Crippen LogP) is 1.53. The topological polar surface area (TPSA) is 79.6 Å². The molecule has 0 N–H and O–H groups in total. The van der Waals surface area contributed by atoms with Gasteiger partial charge in [0.2, 0.25) is 11.2 Å². The SMILES string of the molecule is CCn1c(CN2CCC(N3CCC3=O)CC2)nc2c(N3CCOCC3)nc(Cl)nc21. The van der Waals surface area contributed by atoms with E-state index in [0.29, 0.717) is 25.2 Å². The quantitative estimate of drug-likeness (QED) is 0.522. The van der Waals surface area contributed by atoms with Crippen molar-refractivity contribution < 1.29 is 9.53 Å². The lowest BCUT2D eigenvalue weighted by Crippen LogP contribution is -2.53. The van der Waals surface area contributed by atoms with Crippen LogP contribution in [0.3, 0.4) is 0 Å². The van der Waals surface area contributed by atoms with Gasteiger partial charge in [0.1, 0.15) is 5.82 Å². The van der Waals surface area contributed by atoms with Gasteiger partial charge in [-0.25, -0.2) is 4.98 Å². The fourth-order valence-corrected chi connectivity index (χ4v) is 4.92. The molecule has 3 aliphatic heterocycles. The molecular formula is C20H28ClN7O2. The Kier molecular flexibility index (Phi) is 5.51. The number of halogens is 1. The van der Waals surface area contributed by atoms with Gasteiger partial charge < -0.3 is 19.1 Å². The van der Waals surface area contributed by atoms with Crippen LogP contribution in [0.2, 0.25) is 5.28 Å². The van der Waals surface area contributed by atoms with Gasteiger partial charge >= 0.3 is 0 Å². The minimum absolute atomic E-state index is 0.255. The van der Waals surface area contributed by atoms with E-state index in [9.17, 15) is 4.79 Å². The zero-order chi connectivity index (χ0) is 20.7. The van der Waals surface area contributed by atoms with Crippen molar-refractivity contribution in [1.29, 1.82) is 0 Å². The second kappa shape index (κ2) is 8.28. The molecule has 2 aromatic rings. The number of piperidine rings is 1. The van der Waals surface area contributed by atoms with Gasteiger partial charge in [0.05, 0.1) is 19.8 Å². The van der Waals surface area contributed by atoms with Crippen molar-refractivity contribution in [2.24, 2.45) is 0 Å². The molecule has 0 spiro atoms. The van der Waals surface area contributed by atoms with Crippen LogP contribution >= 0.6 is 11.6 Å². The van der Waals surface area contributed by atoms with Crippen LogP contribution in [0.25, 0.3) is 11.2 Å². The number of carbonyl (C=O) groups is 1. The number of anilines is 1. The molecule has 5 heterocycles. The predicted molar refractivity (Wildman–Crippen MR) is 114 cm³/mol. The first-order valence-corrected chi connectivity index (χ1v) is 11.3. The number of morpholine rings is 1. The Hall–Kier alpha value is -1.97. The van der Waals surface area contributed by atoms with Crippen LogP contribution in [0, 0.1) is 0 Å². The third-order valence-electron chi connectivity index (χ3n) is 6.50. The van der Waals surface area contributed by atoms with Gasteiger partial charge in [-0.05, 0) is 31.4 Å². The smallest absolute Gasteiger partial charge is 0.226 e. The molecule has 3 aliphatic rings. The third kappa shape index (κ3) is 3.63. The molecule has 0 unspecified atom stereocenters. The molecule has 30 heavy (non-hydrogen) atoms. The van der Waals surface area contributed by atoms with Gasteiger partial charge in [-0.2, -0.15) is 9.97 Å². The Labute approximate surface area is 181 Å². The Morgan fingerprint density at radius 2 is 1.83 bits per heavy atom. The first kappa shape index (κ1) is 20.0. The van der Waals surface area contributed by atoms with Crippen LogP contribution in [-0.2, 0) is 22.6 Å². The van der Waals surface area contributed by atoms with Crippen LogP contribution in [-0.4, -0.2) is 87.2 Å². The zero-order valence-electron chi connectivity index (χ0n) is 17.4. The van der Waals surface area contributed by atoms with Crippen molar-refractivity contribution in [3.8, 4) is 0 Å². The highest BCUT2D eigenvalue weighted by Gasteiger charge is 2.33. The van der Waals surface area contributed by atoms with Crippen molar-refractivity contribution in [3.63, 3.8) is 0 Å². The fraction of sp³-hybridized carbons (Fsp3) is 0.700. The molecule has 2 aromatic heterocycles. The molecule has 5 rings (SSSR count). The maximum atomic E-state index is 11.7. The van der Waals surface area contributed by atoms with Crippen LogP contribution in [0.15, 0.2) is 0 Å². The number of amides is 1. The minimum atomic E-state index is 0.255. The zero-order valence-corrected chi connectivity index (χ0v) is 18.1. The average Bonchev–Trinajstić information content (AvgIpc) is 3.10. The first-order valence-electron chi connectivity index (χ1n) is 10.9. The molecule has 0 radical (unpaired) electrons. The number of rotatable bonds is 5. The van der Waals surface area contributed by atoms with Crippen molar-refractivity contribution in [1.82, 2.24) is 29.3 Å². The van der Waals surface area contributed by atoms with Gasteiger partial charge in [-0.1, -0.05) is 0 Å². The summed E-state index contributed by atoms with van der Waals surface area (Å²) in [5.41, 5.74) is 1.62. The number of fused-ring (bicyclic) bond motifs is 1. The highest BCUT2D eigenvalue weighted by atomic mass is 35.5. The highest BCUT2D eigenvalue weighted by molar-refractivity contribution is 6.28. The van der Waals surface area contributed by atoms with Gasteiger partial charge in [-0.3, -0.25) is 9.69 Å². The largest absolute Gasteiger partial charge is 0.378 e. The molecule has 162 valence electrons. The number of aryl methyl sites for hydroxylation is 1. The van der Waals surface area contributed by atoms with E-state index in [1.54, 1.807) is 0 Å². The summed E-state index contributed by atoms with van der Waals surface area (Å²) in [6.45, 7) is 9.45. The van der Waals surface area contributed by atoms with E-state index in [4.69, 9.17) is 21.3 Å². The Morgan fingerprint density at radius 3 is 2.47 bits per heavy atom. The van der Waals surface area contributed by atoms with E-state index in [0.717, 1.165) is 87.9 Å².